The molecule has 0 unspecified atom stereocenters. The lowest BCUT2D eigenvalue weighted by Gasteiger charge is -2.08. The van der Waals surface area contributed by atoms with Crippen LogP contribution in [0.1, 0.15) is 16.7 Å². The first kappa shape index (κ1) is 13.9. The van der Waals surface area contributed by atoms with Gasteiger partial charge in [0.05, 0.1) is 11.6 Å². The van der Waals surface area contributed by atoms with Gasteiger partial charge in [-0.15, -0.1) is 0 Å². The maximum atomic E-state index is 11.4. The zero-order valence-electron chi connectivity index (χ0n) is 12.0. The molecule has 0 bridgehead atoms. The molecule has 0 saturated heterocycles. The molecule has 0 fully saturated rings. The van der Waals surface area contributed by atoms with Crippen LogP contribution in [0.15, 0.2) is 57.7 Å². The smallest absolute Gasteiger partial charge is 0.336 e. The summed E-state index contributed by atoms with van der Waals surface area (Å²) >= 11 is 0. The number of benzene rings is 2. The van der Waals surface area contributed by atoms with E-state index in [0.717, 1.165) is 16.5 Å². The Bertz CT molecular complexity index is 935. The molecular weight excluding hydrogens is 278 g/mol. The van der Waals surface area contributed by atoms with Gasteiger partial charge < -0.3 is 9.15 Å². The summed E-state index contributed by atoms with van der Waals surface area (Å²) in [6, 6.07) is 16.3. The lowest BCUT2D eigenvalue weighted by Crippen LogP contribution is -2.00. The molecule has 0 aliphatic rings. The van der Waals surface area contributed by atoms with Gasteiger partial charge in [-0.25, -0.2) is 4.79 Å². The average molecular weight is 291 g/mol. The summed E-state index contributed by atoms with van der Waals surface area (Å²) in [7, 11) is 0. The van der Waals surface area contributed by atoms with Gasteiger partial charge in [-0.05, 0) is 30.7 Å². The minimum absolute atomic E-state index is 0.283. The van der Waals surface area contributed by atoms with E-state index >= 15 is 0 Å². The van der Waals surface area contributed by atoms with Crippen LogP contribution in [-0.4, -0.2) is 0 Å². The highest BCUT2D eigenvalue weighted by Crippen LogP contribution is 2.23. The highest BCUT2D eigenvalue weighted by Gasteiger charge is 2.06. The fourth-order valence-corrected chi connectivity index (χ4v) is 2.31. The second-order valence-corrected chi connectivity index (χ2v) is 4.96. The number of aryl methyl sites for hydroxylation is 1. The molecule has 1 heterocycles. The van der Waals surface area contributed by atoms with Gasteiger partial charge in [-0.1, -0.05) is 18.2 Å². The van der Waals surface area contributed by atoms with Crippen LogP contribution in [0.25, 0.3) is 11.0 Å². The number of nitriles is 1. The molecule has 4 nitrogen and oxygen atoms in total. The number of rotatable bonds is 3. The highest BCUT2D eigenvalue weighted by molar-refractivity contribution is 5.81. The molecule has 3 rings (SSSR count). The molecule has 0 amide bonds. The number of fused-ring (bicyclic) bond motifs is 1. The number of nitrogens with zero attached hydrogens (tertiary/aromatic N) is 1. The van der Waals surface area contributed by atoms with Crippen molar-refractivity contribution in [3.05, 3.63) is 75.6 Å². The Morgan fingerprint density at radius 3 is 2.82 bits per heavy atom. The maximum Gasteiger partial charge on any atom is 0.336 e. The number of hydrogen-bond donors (Lipinski definition) is 0. The van der Waals surface area contributed by atoms with Gasteiger partial charge in [0.15, 0.2) is 0 Å². The van der Waals surface area contributed by atoms with Crippen LogP contribution in [0.3, 0.4) is 0 Å². The molecule has 108 valence electrons. The van der Waals surface area contributed by atoms with Gasteiger partial charge >= 0.3 is 5.63 Å². The molecule has 4 heteroatoms. The van der Waals surface area contributed by atoms with E-state index in [1.807, 2.05) is 37.3 Å². The summed E-state index contributed by atoms with van der Waals surface area (Å²) in [5, 5.41) is 9.94. The van der Waals surface area contributed by atoms with E-state index in [4.69, 9.17) is 14.4 Å². The van der Waals surface area contributed by atoms with E-state index < -0.39 is 0 Å². The van der Waals surface area contributed by atoms with Crippen LogP contribution in [-0.2, 0) is 6.61 Å². The molecule has 0 atom stereocenters. The minimum atomic E-state index is -0.378. The van der Waals surface area contributed by atoms with Crippen molar-refractivity contribution in [2.75, 3.05) is 0 Å². The summed E-state index contributed by atoms with van der Waals surface area (Å²) in [5.74, 6) is 0.592. The first-order chi connectivity index (χ1) is 10.7. The quantitative estimate of drug-likeness (QED) is 0.692. The molecule has 2 aromatic carbocycles. The Hall–Kier alpha value is -3.06. The topological polar surface area (TPSA) is 63.2 Å². The lowest BCUT2D eigenvalue weighted by atomic mass is 10.1. The molecule has 0 radical (unpaired) electrons. The molecule has 3 aromatic rings. The molecule has 0 spiro atoms. The average Bonchev–Trinajstić information content (AvgIpc) is 2.52. The monoisotopic (exact) mass is 291 g/mol. The van der Waals surface area contributed by atoms with Crippen molar-refractivity contribution >= 4 is 11.0 Å². The van der Waals surface area contributed by atoms with Crippen LogP contribution < -0.4 is 10.4 Å². The van der Waals surface area contributed by atoms with E-state index in [2.05, 4.69) is 6.07 Å². The second-order valence-electron chi connectivity index (χ2n) is 4.96. The third-order valence-electron chi connectivity index (χ3n) is 3.45. The van der Waals surface area contributed by atoms with Gasteiger partial charge in [0, 0.05) is 23.1 Å². The van der Waals surface area contributed by atoms with E-state index in [1.54, 1.807) is 12.1 Å². The van der Waals surface area contributed by atoms with Crippen molar-refractivity contribution in [3.63, 3.8) is 0 Å². The first-order valence-electron chi connectivity index (χ1n) is 6.83. The third-order valence-corrected chi connectivity index (χ3v) is 3.45. The van der Waals surface area contributed by atoms with Crippen molar-refractivity contribution in [2.45, 2.75) is 13.5 Å². The molecular formula is C18H13NO3. The molecule has 0 N–H and O–H groups in total. The number of hydrogen-bond acceptors (Lipinski definition) is 4. The molecule has 0 aliphatic carbocycles. The van der Waals surface area contributed by atoms with Crippen LogP contribution in [0.2, 0.25) is 0 Å². The molecule has 0 saturated carbocycles. The summed E-state index contributed by atoms with van der Waals surface area (Å²) < 4.78 is 10.9. The Labute approximate surface area is 127 Å². The predicted octanol–water partition coefficient (Wildman–Crippen LogP) is 3.55. The van der Waals surface area contributed by atoms with Crippen LogP contribution in [0, 0.1) is 18.3 Å². The van der Waals surface area contributed by atoms with Crippen molar-refractivity contribution in [1.29, 1.82) is 5.26 Å². The summed E-state index contributed by atoms with van der Waals surface area (Å²) in [5.41, 5.74) is 2.39. The van der Waals surface area contributed by atoms with Crippen molar-refractivity contribution in [3.8, 4) is 11.8 Å². The predicted molar refractivity (Wildman–Crippen MR) is 82.7 cm³/mol. The normalized spacial score (nSPS) is 10.4. The Morgan fingerprint density at radius 2 is 2.00 bits per heavy atom. The van der Waals surface area contributed by atoms with E-state index in [1.165, 1.54) is 6.07 Å². The summed E-state index contributed by atoms with van der Waals surface area (Å²) in [4.78, 5) is 11.4. The van der Waals surface area contributed by atoms with Crippen molar-refractivity contribution in [2.24, 2.45) is 0 Å². The molecule has 22 heavy (non-hydrogen) atoms. The maximum absolute atomic E-state index is 11.4. The van der Waals surface area contributed by atoms with Crippen LogP contribution in [0.4, 0.5) is 0 Å². The summed E-state index contributed by atoms with van der Waals surface area (Å²) in [6.45, 7) is 2.15. The Balaban J connectivity index is 1.89. The number of ether oxygens (including phenoxy) is 1. The zero-order valence-corrected chi connectivity index (χ0v) is 12.0. The standard InChI is InChI=1S/C18H13NO3/c1-12-8-18(20)22-17-9-15(6-7-16(12)17)21-11-14-5-3-2-4-13(14)10-19/h2-9H,11H2,1H3. The molecule has 0 aliphatic heterocycles. The third kappa shape index (κ3) is 2.70. The second kappa shape index (κ2) is 5.74. The van der Waals surface area contributed by atoms with Crippen molar-refractivity contribution in [1.82, 2.24) is 0 Å². The van der Waals surface area contributed by atoms with Crippen molar-refractivity contribution < 1.29 is 9.15 Å². The van der Waals surface area contributed by atoms with Gasteiger partial charge in [-0.2, -0.15) is 5.26 Å². The van der Waals surface area contributed by atoms with Crippen LogP contribution >= 0.6 is 0 Å². The highest BCUT2D eigenvalue weighted by atomic mass is 16.5. The fourth-order valence-electron chi connectivity index (χ4n) is 2.31. The first-order valence-corrected chi connectivity index (χ1v) is 6.83. The Morgan fingerprint density at radius 1 is 1.18 bits per heavy atom. The summed E-state index contributed by atoms with van der Waals surface area (Å²) in [6.07, 6.45) is 0. The fraction of sp³-hybridized carbons (Fsp3) is 0.111. The van der Waals surface area contributed by atoms with Gasteiger partial charge in [0.1, 0.15) is 17.9 Å². The van der Waals surface area contributed by atoms with Gasteiger partial charge in [-0.3, -0.25) is 0 Å². The van der Waals surface area contributed by atoms with Gasteiger partial charge in [0.2, 0.25) is 0 Å². The largest absolute Gasteiger partial charge is 0.489 e. The Kier molecular flexibility index (Phi) is 3.63. The lowest BCUT2D eigenvalue weighted by molar-refractivity contribution is 0.306. The zero-order chi connectivity index (χ0) is 15.5. The molecule has 1 aromatic heterocycles. The van der Waals surface area contributed by atoms with Crippen LogP contribution in [0.5, 0.6) is 5.75 Å². The van der Waals surface area contributed by atoms with E-state index in [0.29, 0.717) is 16.9 Å². The minimum Gasteiger partial charge on any atom is -0.489 e. The van der Waals surface area contributed by atoms with Gasteiger partial charge in [0.25, 0.3) is 0 Å². The van der Waals surface area contributed by atoms with E-state index in [9.17, 15) is 4.79 Å². The van der Waals surface area contributed by atoms with E-state index in [-0.39, 0.29) is 12.2 Å². The SMILES string of the molecule is Cc1cc(=O)oc2cc(OCc3ccccc3C#N)ccc12.